The summed E-state index contributed by atoms with van der Waals surface area (Å²) >= 11 is 3.57. The molecule has 2 atom stereocenters. The van der Waals surface area contributed by atoms with Crippen molar-refractivity contribution >= 4 is 44.2 Å². The molecular formula is C22H22BrFN6O2. The van der Waals surface area contributed by atoms with Crippen molar-refractivity contribution in [1.29, 1.82) is 0 Å². The molecule has 0 bridgehead atoms. The molecule has 0 spiro atoms. The van der Waals surface area contributed by atoms with Crippen molar-refractivity contribution in [2.45, 2.75) is 19.9 Å². The van der Waals surface area contributed by atoms with Crippen molar-refractivity contribution in [3.8, 4) is 11.1 Å². The summed E-state index contributed by atoms with van der Waals surface area (Å²) in [5.74, 6) is -0.473. The number of anilines is 1. The molecule has 1 amide bonds. The number of hydrogen-bond donors (Lipinski definition) is 3. The standard InChI is InChI=1S/C22H22BrFN6O2/c1-11(10-31)22(32)28-12(2)19-18(23)21(25-3)30-20(29-19)16(9-27-30)14-6-13-7-15(24)4-5-17(13)26-8-14/h4-9,11-12,25,31H,10H2,1-3H3,(H,28,32)/t11-,12?/m1/s1. The number of carbonyl (C=O) groups is 1. The van der Waals surface area contributed by atoms with Crippen LogP contribution in [-0.4, -0.2) is 44.3 Å². The van der Waals surface area contributed by atoms with Gasteiger partial charge in [0.15, 0.2) is 5.65 Å². The lowest BCUT2D eigenvalue weighted by Gasteiger charge is -2.19. The summed E-state index contributed by atoms with van der Waals surface area (Å²) in [5.41, 5.74) is 3.30. The van der Waals surface area contributed by atoms with E-state index >= 15 is 0 Å². The fraction of sp³-hybridized carbons (Fsp3) is 0.273. The summed E-state index contributed by atoms with van der Waals surface area (Å²) in [6.45, 7) is 3.23. The summed E-state index contributed by atoms with van der Waals surface area (Å²) in [6, 6.07) is 5.86. The van der Waals surface area contributed by atoms with E-state index in [9.17, 15) is 14.3 Å². The van der Waals surface area contributed by atoms with E-state index in [1.54, 1.807) is 36.9 Å². The third kappa shape index (κ3) is 3.91. The van der Waals surface area contributed by atoms with Crippen molar-refractivity contribution in [3.05, 3.63) is 52.6 Å². The van der Waals surface area contributed by atoms with Crippen molar-refractivity contribution in [3.63, 3.8) is 0 Å². The number of nitrogens with one attached hydrogen (secondary N) is 2. The minimum absolute atomic E-state index is 0.240. The SMILES string of the molecule is CNc1c(Br)c(C(C)NC(=O)[C@H](C)CO)nc2c(-c3cnc4ccc(F)cc4c3)cnn12. The van der Waals surface area contributed by atoms with Crippen molar-refractivity contribution < 1.29 is 14.3 Å². The van der Waals surface area contributed by atoms with Gasteiger partial charge in [-0.05, 0) is 47.1 Å². The molecule has 0 saturated carbocycles. The number of aliphatic hydroxyl groups is 1. The molecule has 0 aliphatic carbocycles. The lowest BCUT2D eigenvalue weighted by atomic mass is 10.1. The van der Waals surface area contributed by atoms with E-state index in [1.807, 2.05) is 13.0 Å². The summed E-state index contributed by atoms with van der Waals surface area (Å²) in [6.07, 6.45) is 3.38. The molecule has 10 heteroatoms. The van der Waals surface area contributed by atoms with Gasteiger partial charge in [-0.25, -0.2) is 9.37 Å². The first kappa shape index (κ1) is 22.1. The Morgan fingerprint density at radius 3 is 2.78 bits per heavy atom. The molecule has 8 nitrogen and oxygen atoms in total. The zero-order valence-corrected chi connectivity index (χ0v) is 19.3. The normalized spacial score (nSPS) is 13.3. The van der Waals surface area contributed by atoms with Gasteiger partial charge in [0.25, 0.3) is 0 Å². The number of carbonyl (C=O) groups excluding carboxylic acids is 1. The third-order valence-corrected chi connectivity index (χ3v) is 6.08. The highest BCUT2D eigenvalue weighted by Crippen LogP contribution is 2.34. The largest absolute Gasteiger partial charge is 0.396 e. The molecule has 0 saturated heterocycles. The highest BCUT2D eigenvalue weighted by molar-refractivity contribution is 9.10. The number of hydrogen-bond acceptors (Lipinski definition) is 6. The van der Waals surface area contributed by atoms with Crippen LogP contribution in [0.15, 0.2) is 41.1 Å². The maximum absolute atomic E-state index is 13.7. The van der Waals surface area contributed by atoms with E-state index < -0.39 is 12.0 Å². The number of fused-ring (bicyclic) bond motifs is 2. The summed E-state index contributed by atoms with van der Waals surface area (Å²) in [4.78, 5) is 21.5. The molecule has 0 aliphatic heterocycles. The Bertz CT molecular complexity index is 1330. The van der Waals surface area contributed by atoms with Crippen molar-refractivity contribution in [2.24, 2.45) is 5.92 Å². The van der Waals surface area contributed by atoms with E-state index in [-0.39, 0.29) is 18.3 Å². The number of benzene rings is 1. The molecule has 1 aromatic carbocycles. The van der Waals surface area contributed by atoms with Gasteiger partial charge in [0.2, 0.25) is 5.91 Å². The molecule has 3 heterocycles. The Balaban J connectivity index is 1.84. The molecule has 0 fully saturated rings. The van der Waals surface area contributed by atoms with Crippen LogP contribution in [0.4, 0.5) is 10.2 Å². The number of halogens is 2. The smallest absolute Gasteiger partial charge is 0.225 e. The minimum atomic E-state index is -0.529. The Kier molecular flexibility index (Phi) is 6.07. The van der Waals surface area contributed by atoms with Crippen LogP contribution in [0, 0.1) is 11.7 Å². The molecule has 0 aliphatic rings. The molecule has 0 radical (unpaired) electrons. The predicted octanol–water partition coefficient (Wildman–Crippen LogP) is 3.69. The molecule has 3 aromatic heterocycles. The van der Waals surface area contributed by atoms with E-state index in [0.717, 1.165) is 11.1 Å². The molecule has 32 heavy (non-hydrogen) atoms. The second-order valence-corrected chi connectivity index (χ2v) is 8.37. The highest BCUT2D eigenvalue weighted by Gasteiger charge is 2.23. The van der Waals surface area contributed by atoms with Gasteiger partial charge >= 0.3 is 0 Å². The number of rotatable bonds is 6. The first-order valence-corrected chi connectivity index (χ1v) is 10.8. The van der Waals surface area contributed by atoms with Crippen LogP contribution in [0.5, 0.6) is 0 Å². The van der Waals surface area contributed by atoms with Crippen LogP contribution in [0.25, 0.3) is 27.7 Å². The van der Waals surface area contributed by atoms with Crippen LogP contribution < -0.4 is 10.6 Å². The Morgan fingerprint density at radius 1 is 1.28 bits per heavy atom. The van der Waals surface area contributed by atoms with Crippen LogP contribution in [-0.2, 0) is 4.79 Å². The molecule has 3 N–H and O–H groups in total. The second-order valence-electron chi connectivity index (χ2n) is 7.58. The minimum Gasteiger partial charge on any atom is -0.396 e. The van der Waals surface area contributed by atoms with Crippen LogP contribution in [0.1, 0.15) is 25.6 Å². The van der Waals surface area contributed by atoms with Crippen molar-refractivity contribution in [2.75, 3.05) is 19.0 Å². The van der Waals surface area contributed by atoms with Gasteiger partial charge < -0.3 is 15.7 Å². The van der Waals surface area contributed by atoms with E-state index in [0.29, 0.717) is 32.5 Å². The number of amides is 1. The third-order valence-electron chi connectivity index (χ3n) is 5.30. The Labute approximate surface area is 192 Å². The van der Waals surface area contributed by atoms with E-state index in [1.165, 1.54) is 12.1 Å². The molecule has 166 valence electrons. The molecule has 1 unspecified atom stereocenters. The van der Waals surface area contributed by atoms with Gasteiger partial charge in [0.1, 0.15) is 11.6 Å². The first-order valence-electron chi connectivity index (χ1n) is 10.1. The monoisotopic (exact) mass is 500 g/mol. The molecule has 4 rings (SSSR count). The van der Waals surface area contributed by atoms with Gasteiger partial charge in [-0.15, -0.1) is 0 Å². The first-order chi connectivity index (χ1) is 15.3. The maximum atomic E-state index is 13.7. The Hall–Kier alpha value is -3.11. The van der Waals surface area contributed by atoms with Gasteiger partial charge in [-0.3, -0.25) is 9.78 Å². The number of nitrogens with zero attached hydrogens (tertiary/aromatic N) is 4. The second kappa shape index (κ2) is 8.79. The maximum Gasteiger partial charge on any atom is 0.225 e. The topological polar surface area (TPSA) is 104 Å². The lowest BCUT2D eigenvalue weighted by Crippen LogP contribution is -2.33. The summed E-state index contributed by atoms with van der Waals surface area (Å²) in [5, 5.41) is 20.4. The van der Waals surface area contributed by atoms with Crippen LogP contribution in [0.3, 0.4) is 0 Å². The highest BCUT2D eigenvalue weighted by atomic mass is 79.9. The van der Waals surface area contributed by atoms with E-state index in [2.05, 4.69) is 36.6 Å². The number of aromatic nitrogens is 4. The predicted molar refractivity (Wildman–Crippen MR) is 124 cm³/mol. The van der Waals surface area contributed by atoms with Gasteiger partial charge in [-0.1, -0.05) is 6.92 Å². The van der Waals surface area contributed by atoms with Crippen LogP contribution in [0.2, 0.25) is 0 Å². The van der Waals surface area contributed by atoms with Gasteiger partial charge in [0.05, 0.1) is 40.4 Å². The fourth-order valence-corrected chi connectivity index (χ4v) is 4.25. The van der Waals surface area contributed by atoms with Gasteiger partial charge in [0, 0.05) is 29.8 Å². The zero-order chi connectivity index (χ0) is 23.0. The zero-order valence-electron chi connectivity index (χ0n) is 17.7. The summed E-state index contributed by atoms with van der Waals surface area (Å²) in [7, 11) is 1.77. The van der Waals surface area contributed by atoms with Gasteiger partial charge in [-0.2, -0.15) is 9.61 Å². The van der Waals surface area contributed by atoms with Crippen molar-refractivity contribution in [1.82, 2.24) is 24.9 Å². The number of pyridine rings is 1. The average molecular weight is 501 g/mol. The fourth-order valence-electron chi connectivity index (χ4n) is 3.45. The molecular weight excluding hydrogens is 479 g/mol. The Morgan fingerprint density at radius 2 is 2.06 bits per heavy atom. The van der Waals surface area contributed by atoms with Crippen LogP contribution >= 0.6 is 15.9 Å². The molecule has 4 aromatic rings. The van der Waals surface area contributed by atoms with E-state index in [4.69, 9.17) is 4.98 Å². The lowest BCUT2D eigenvalue weighted by molar-refractivity contribution is -0.126. The quantitative estimate of drug-likeness (QED) is 0.372. The average Bonchev–Trinajstić information content (AvgIpc) is 3.20. The summed E-state index contributed by atoms with van der Waals surface area (Å²) < 4.78 is 16.0. The number of aliphatic hydroxyl groups excluding tert-OH is 1.